The molecule has 0 aliphatic rings. The van der Waals surface area contributed by atoms with Gasteiger partial charge in [0, 0.05) is 31.1 Å². The molecule has 0 saturated heterocycles. The summed E-state index contributed by atoms with van der Waals surface area (Å²) in [7, 11) is -1.65. The second-order valence-corrected chi connectivity index (χ2v) is 7.46. The molecular weight excluding hydrogens is 328 g/mol. The van der Waals surface area contributed by atoms with Crippen LogP contribution in [0.1, 0.15) is 26.6 Å². The number of likely N-dealkylation sites (N-methyl/N-ethyl adjacent to an activating group) is 1. The lowest BCUT2D eigenvalue weighted by Crippen LogP contribution is -2.30. The summed E-state index contributed by atoms with van der Waals surface area (Å²) in [6.45, 7) is 6.51. The molecule has 1 aromatic heterocycles. The van der Waals surface area contributed by atoms with Gasteiger partial charge in [-0.05, 0) is 32.2 Å². The summed E-state index contributed by atoms with van der Waals surface area (Å²) >= 11 is 0. The molecule has 0 spiro atoms. The van der Waals surface area contributed by atoms with Crippen LogP contribution in [0.15, 0.2) is 33.7 Å². The Morgan fingerprint density at radius 2 is 2.00 bits per heavy atom. The summed E-state index contributed by atoms with van der Waals surface area (Å²) in [5, 5.41) is 7.06. The van der Waals surface area contributed by atoms with E-state index in [1.807, 2.05) is 27.8 Å². The molecule has 0 aliphatic heterocycles. The second-order valence-electron chi connectivity index (χ2n) is 5.53. The van der Waals surface area contributed by atoms with Crippen molar-refractivity contribution in [1.82, 2.24) is 19.8 Å². The van der Waals surface area contributed by atoms with Crippen molar-refractivity contribution in [1.29, 1.82) is 0 Å². The molecule has 0 radical (unpaired) electrons. The first kappa shape index (κ1) is 18.6. The van der Waals surface area contributed by atoms with E-state index in [1.165, 1.54) is 4.31 Å². The fraction of sp³-hybridized carbons (Fsp3) is 0.500. The minimum atomic E-state index is -3.51. The van der Waals surface area contributed by atoms with Crippen molar-refractivity contribution in [2.45, 2.75) is 38.1 Å². The Balaban J connectivity index is 2.31. The standard InChI is InChI=1S/C16H24N4O3S/c1-5-20(6-2)24(21,22)14-9-7-8-13(11-14)16-18-15(19-23-16)10-12(3)17-4/h7-9,11-12,17H,5-6,10H2,1-4H3. The number of hydrogen-bond donors (Lipinski definition) is 1. The Hall–Kier alpha value is -1.77. The third-order valence-electron chi connectivity index (χ3n) is 3.87. The molecule has 2 rings (SSSR count). The minimum absolute atomic E-state index is 0.227. The van der Waals surface area contributed by atoms with E-state index >= 15 is 0 Å². The highest BCUT2D eigenvalue weighted by molar-refractivity contribution is 7.89. The number of benzene rings is 1. The predicted octanol–water partition coefficient (Wildman–Crippen LogP) is 1.92. The van der Waals surface area contributed by atoms with E-state index in [0.717, 1.165) is 0 Å². The van der Waals surface area contributed by atoms with Crippen LogP contribution in [0.4, 0.5) is 0 Å². The molecule has 7 nitrogen and oxygen atoms in total. The van der Waals surface area contributed by atoms with Crippen LogP contribution in [0.2, 0.25) is 0 Å². The zero-order valence-electron chi connectivity index (χ0n) is 14.5. The normalized spacial score (nSPS) is 13.4. The summed E-state index contributed by atoms with van der Waals surface area (Å²) in [6.07, 6.45) is 0.636. The molecule has 24 heavy (non-hydrogen) atoms. The van der Waals surface area contributed by atoms with E-state index < -0.39 is 10.0 Å². The van der Waals surface area contributed by atoms with E-state index in [2.05, 4.69) is 15.5 Å². The first-order valence-corrected chi connectivity index (χ1v) is 9.46. The highest BCUT2D eigenvalue weighted by atomic mass is 32.2. The van der Waals surface area contributed by atoms with Gasteiger partial charge < -0.3 is 9.84 Å². The van der Waals surface area contributed by atoms with E-state index in [4.69, 9.17) is 4.52 Å². The van der Waals surface area contributed by atoms with E-state index in [9.17, 15) is 8.42 Å². The van der Waals surface area contributed by atoms with Gasteiger partial charge in [0.15, 0.2) is 5.82 Å². The summed E-state index contributed by atoms with van der Waals surface area (Å²) in [5.41, 5.74) is 0.596. The van der Waals surface area contributed by atoms with E-state index in [1.54, 1.807) is 24.3 Å². The average molecular weight is 352 g/mol. The van der Waals surface area contributed by atoms with Crippen LogP contribution in [0.25, 0.3) is 11.5 Å². The lowest BCUT2D eigenvalue weighted by atomic mass is 10.2. The molecule has 1 atom stereocenters. The van der Waals surface area contributed by atoms with Gasteiger partial charge in [0.05, 0.1) is 4.90 Å². The molecule has 1 aromatic carbocycles. The number of hydrogen-bond acceptors (Lipinski definition) is 6. The van der Waals surface area contributed by atoms with Crippen LogP contribution < -0.4 is 5.32 Å². The zero-order chi connectivity index (χ0) is 17.7. The molecule has 0 saturated carbocycles. The third-order valence-corrected chi connectivity index (χ3v) is 5.92. The molecule has 1 heterocycles. The van der Waals surface area contributed by atoms with Gasteiger partial charge in [-0.15, -0.1) is 0 Å². The Bertz CT molecular complexity index is 769. The maximum absolute atomic E-state index is 12.6. The second kappa shape index (κ2) is 7.87. The largest absolute Gasteiger partial charge is 0.334 e. The number of nitrogens with zero attached hydrogens (tertiary/aromatic N) is 3. The Morgan fingerprint density at radius 3 is 2.62 bits per heavy atom. The van der Waals surface area contributed by atoms with Crippen molar-refractivity contribution in [3.8, 4) is 11.5 Å². The monoisotopic (exact) mass is 352 g/mol. The molecule has 0 bridgehead atoms. The maximum Gasteiger partial charge on any atom is 0.257 e. The van der Waals surface area contributed by atoms with Crippen molar-refractivity contribution < 1.29 is 12.9 Å². The molecule has 0 amide bonds. The number of nitrogens with one attached hydrogen (secondary N) is 1. The van der Waals surface area contributed by atoms with Crippen molar-refractivity contribution in [3.05, 3.63) is 30.1 Å². The molecule has 0 fully saturated rings. The fourth-order valence-electron chi connectivity index (χ4n) is 2.33. The molecule has 132 valence electrons. The van der Waals surface area contributed by atoms with Gasteiger partial charge in [-0.25, -0.2) is 8.42 Å². The van der Waals surface area contributed by atoms with Gasteiger partial charge in [-0.3, -0.25) is 0 Å². The van der Waals surface area contributed by atoms with Gasteiger partial charge >= 0.3 is 0 Å². The van der Waals surface area contributed by atoms with Gasteiger partial charge in [-0.2, -0.15) is 9.29 Å². The lowest BCUT2D eigenvalue weighted by molar-refractivity contribution is 0.418. The van der Waals surface area contributed by atoms with Crippen LogP contribution in [-0.2, 0) is 16.4 Å². The molecular formula is C16H24N4O3S. The van der Waals surface area contributed by atoms with Crippen molar-refractivity contribution in [2.24, 2.45) is 0 Å². The third kappa shape index (κ3) is 4.00. The zero-order valence-corrected chi connectivity index (χ0v) is 15.3. The summed E-state index contributed by atoms with van der Waals surface area (Å²) in [4.78, 5) is 4.58. The molecule has 2 aromatic rings. The van der Waals surface area contributed by atoms with Crippen molar-refractivity contribution >= 4 is 10.0 Å². The predicted molar refractivity (Wildman–Crippen MR) is 92.1 cm³/mol. The Kier molecular flexibility index (Phi) is 6.09. The lowest BCUT2D eigenvalue weighted by Gasteiger charge is -2.18. The topological polar surface area (TPSA) is 88.3 Å². The van der Waals surface area contributed by atoms with Crippen LogP contribution in [-0.4, -0.2) is 49.0 Å². The number of rotatable bonds is 8. The molecule has 8 heteroatoms. The van der Waals surface area contributed by atoms with Gasteiger partial charge in [0.2, 0.25) is 10.0 Å². The van der Waals surface area contributed by atoms with E-state index in [0.29, 0.717) is 36.8 Å². The first-order valence-electron chi connectivity index (χ1n) is 8.02. The highest BCUT2D eigenvalue weighted by Gasteiger charge is 2.22. The smallest absolute Gasteiger partial charge is 0.257 e. The van der Waals surface area contributed by atoms with Gasteiger partial charge in [0.25, 0.3) is 5.89 Å². The molecule has 1 unspecified atom stereocenters. The van der Waals surface area contributed by atoms with Crippen LogP contribution in [0, 0.1) is 0 Å². The highest BCUT2D eigenvalue weighted by Crippen LogP contribution is 2.23. The summed E-state index contributed by atoms with van der Waals surface area (Å²) in [6, 6.07) is 6.83. The number of sulfonamides is 1. The Morgan fingerprint density at radius 1 is 1.29 bits per heavy atom. The van der Waals surface area contributed by atoms with Crippen LogP contribution in [0.3, 0.4) is 0 Å². The average Bonchev–Trinajstić information content (AvgIpc) is 3.04. The van der Waals surface area contributed by atoms with Crippen molar-refractivity contribution in [3.63, 3.8) is 0 Å². The van der Waals surface area contributed by atoms with E-state index in [-0.39, 0.29) is 10.9 Å². The van der Waals surface area contributed by atoms with Crippen molar-refractivity contribution in [2.75, 3.05) is 20.1 Å². The molecule has 1 N–H and O–H groups in total. The SMILES string of the molecule is CCN(CC)S(=O)(=O)c1cccc(-c2nc(CC(C)NC)no2)c1. The van der Waals surface area contributed by atoms with Crippen LogP contribution >= 0.6 is 0 Å². The first-order chi connectivity index (χ1) is 11.4. The van der Waals surface area contributed by atoms with Gasteiger partial charge in [-0.1, -0.05) is 25.1 Å². The van der Waals surface area contributed by atoms with Gasteiger partial charge in [0.1, 0.15) is 0 Å². The molecule has 0 aliphatic carbocycles. The minimum Gasteiger partial charge on any atom is -0.334 e. The summed E-state index contributed by atoms with van der Waals surface area (Å²) in [5.74, 6) is 0.911. The maximum atomic E-state index is 12.6. The quantitative estimate of drug-likeness (QED) is 0.781. The van der Waals surface area contributed by atoms with Crippen LogP contribution in [0.5, 0.6) is 0 Å². The number of aromatic nitrogens is 2. The summed E-state index contributed by atoms with van der Waals surface area (Å²) < 4.78 is 31.9. The Labute approximate surface area is 143 Å². The fourth-order valence-corrected chi connectivity index (χ4v) is 3.84.